The summed E-state index contributed by atoms with van der Waals surface area (Å²) in [6.45, 7) is 10.6. The number of benzene rings is 2. The largest absolute Gasteiger partial charge is 0.462 e. The number of aromatic nitrogens is 1. The van der Waals surface area contributed by atoms with E-state index in [1.54, 1.807) is 90.1 Å². The molecule has 7 heteroatoms. The number of para-hydroxylation sites is 1. The lowest BCUT2D eigenvalue weighted by molar-refractivity contribution is 0.00691. The van der Waals surface area contributed by atoms with Crippen LogP contribution in [0.1, 0.15) is 59.8 Å². The van der Waals surface area contributed by atoms with Gasteiger partial charge in [0, 0.05) is 17.2 Å². The number of aryl methyl sites for hydroxylation is 2. The molecule has 0 unspecified atom stereocenters. The van der Waals surface area contributed by atoms with Crippen LogP contribution in [-0.4, -0.2) is 29.1 Å². The maximum absolute atomic E-state index is 13.3. The lowest BCUT2D eigenvalue weighted by Gasteiger charge is -2.23. The van der Waals surface area contributed by atoms with Crippen LogP contribution in [-0.2, 0) is 9.47 Å². The maximum atomic E-state index is 13.3. The van der Waals surface area contributed by atoms with Crippen molar-refractivity contribution in [1.29, 1.82) is 0 Å². The summed E-state index contributed by atoms with van der Waals surface area (Å²) in [4.78, 5) is 43.4. The normalized spacial score (nSPS) is 11.4. The molecule has 0 aliphatic heterocycles. The van der Waals surface area contributed by atoms with Crippen molar-refractivity contribution in [2.75, 3.05) is 6.61 Å². The predicted molar refractivity (Wildman–Crippen MR) is 142 cm³/mol. The number of hydrogen-bond donors (Lipinski definition) is 0. The van der Waals surface area contributed by atoms with E-state index in [-0.39, 0.29) is 23.2 Å². The van der Waals surface area contributed by atoms with Crippen molar-refractivity contribution < 1.29 is 23.5 Å². The molecular formula is C30H29NO6. The number of esters is 2. The van der Waals surface area contributed by atoms with Crippen LogP contribution in [0, 0.1) is 13.8 Å². The van der Waals surface area contributed by atoms with Gasteiger partial charge in [-0.25, -0.2) is 9.59 Å². The number of carbonyl (C=O) groups excluding carboxylic acids is 2. The first-order chi connectivity index (χ1) is 17.5. The van der Waals surface area contributed by atoms with Crippen molar-refractivity contribution in [1.82, 2.24) is 4.98 Å². The number of ether oxygens (including phenoxy) is 2. The van der Waals surface area contributed by atoms with Crippen molar-refractivity contribution in [3.63, 3.8) is 0 Å². The SMILES string of the molecule is CCOC(=O)c1c(C)nc(C)c(C(=O)OC(C)(C)C)c1-c1ccc(-c2cc(=O)c3ccccc3o2)cc1. The lowest BCUT2D eigenvalue weighted by atomic mass is 9.91. The molecule has 37 heavy (non-hydrogen) atoms. The van der Waals surface area contributed by atoms with Crippen LogP contribution in [0.15, 0.2) is 63.8 Å². The third-order valence-electron chi connectivity index (χ3n) is 5.73. The van der Waals surface area contributed by atoms with Gasteiger partial charge in [0.2, 0.25) is 0 Å². The van der Waals surface area contributed by atoms with Gasteiger partial charge in [0.25, 0.3) is 0 Å². The number of hydrogen-bond acceptors (Lipinski definition) is 7. The first-order valence-electron chi connectivity index (χ1n) is 12.1. The molecule has 0 spiro atoms. The monoisotopic (exact) mass is 499 g/mol. The Kier molecular flexibility index (Phi) is 6.99. The fourth-order valence-corrected chi connectivity index (χ4v) is 4.22. The van der Waals surface area contributed by atoms with Crippen molar-refractivity contribution in [3.05, 3.63) is 87.3 Å². The molecule has 4 aromatic rings. The van der Waals surface area contributed by atoms with Crippen LogP contribution in [0.2, 0.25) is 0 Å². The number of pyridine rings is 1. The second-order valence-corrected chi connectivity index (χ2v) is 9.68. The highest BCUT2D eigenvalue weighted by molar-refractivity contribution is 6.07. The van der Waals surface area contributed by atoms with Crippen LogP contribution in [0.4, 0.5) is 0 Å². The Morgan fingerprint density at radius 1 is 0.892 bits per heavy atom. The highest BCUT2D eigenvalue weighted by Crippen LogP contribution is 2.34. The second kappa shape index (κ2) is 10.0. The van der Waals surface area contributed by atoms with Crippen molar-refractivity contribution in [2.45, 2.75) is 47.1 Å². The average Bonchev–Trinajstić information content (AvgIpc) is 2.82. The standard InChI is InChI=1S/C30H29NO6/c1-7-35-28(33)25-17(2)31-18(3)26(29(34)37-30(4,5)6)27(25)20-14-12-19(13-15-20)24-16-22(32)21-10-8-9-11-23(21)36-24/h8-16H,7H2,1-6H3. The number of carbonyl (C=O) groups is 2. The van der Waals surface area contributed by atoms with Gasteiger partial charge in [0.15, 0.2) is 5.43 Å². The van der Waals surface area contributed by atoms with Gasteiger partial charge in [-0.1, -0.05) is 36.4 Å². The second-order valence-electron chi connectivity index (χ2n) is 9.68. The van der Waals surface area contributed by atoms with Crippen LogP contribution in [0.3, 0.4) is 0 Å². The molecule has 0 atom stereocenters. The third kappa shape index (κ3) is 5.31. The Balaban J connectivity index is 1.89. The van der Waals surface area contributed by atoms with Crippen LogP contribution >= 0.6 is 0 Å². The van der Waals surface area contributed by atoms with Crippen molar-refractivity contribution in [3.8, 4) is 22.5 Å². The summed E-state index contributed by atoms with van der Waals surface area (Å²) in [5.41, 5.74) is 2.57. The van der Waals surface area contributed by atoms with E-state index in [1.165, 1.54) is 6.07 Å². The van der Waals surface area contributed by atoms with Gasteiger partial charge in [-0.2, -0.15) is 0 Å². The summed E-state index contributed by atoms with van der Waals surface area (Å²) in [7, 11) is 0. The van der Waals surface area contributed by atoms with Gasteiger partial charge in [-0.15, -0.1) is 0 Å². The summed E-state index contributed by atoms with van der Waals surface area (Å²) in [6, 6.07) is 15.6. The zero-order valence-corrected chi connectivity index (χ0v) is 21.8. The van der Waals surface area contributed by atoms with Crippen LogP contribution in [0.5, 0.6) is 0 Å². The van der Waals surface area contributed by atoms with E-state index in [4.69, 9.17) is 13.9 Å². The van der Waals surface area contributed by atoms with E-state index in [0.717, 1.165) is 0 Å². The zero-order valence-electron chi connectivity index (χ0n) is 21.8. The highest BCUT2D eigenvalue weighted by Gasteiger charge is 2.30. The Morgan fingerprint density at radius 3 is 2.11 bits per heavy atom. The molecule has 2 aromatic heterocycles. The topological polar surface area (TPSA) is 95.7 Å². The van der Waals surface area contributed by atoms with Crippen LogP contribution < -0.4 is 5.43 Å². The fourth-order valence-electron chi connectivity index (χ4n) is 4.22. The molecule has 190 valence electrons. The molecule has 0 radical (unpaired) electrons. The summed E-state index contributed by atoms with van der Waals surface area (Å²) < 4.78 is 16.9. The van der Waals surface area contributed by atoms with Gasteiger partial charge in [0.05, 0.1) is 34.5 Å². The van der Waals surface area contributed by atoms with Gasteiger partial charge in [-0.05, 0) is 59.2 Å². The Labute approximate surface area is 215 Å². The van der Waals surface area contributed by atoms with Gasteiger partial charge < -0.3 is 13.9 Å². The molecule has 0 aliphatic rings. The predicted octanol–water partition coefficient (Wildman–Crippen LogP) is 6.27. The smallest absolute Gasteiger partial charge is 0.341 e. The minimum Gasteiger partial charge on any atom is -0.462 e. The summed E-state index contributed by atoms with van der Waals surface area (Å²) >= 11 is 0. The van der Waals surface area contributed by atoms with E-state index in [2.05, 4.69) is 4.98 Å². The molecule has 2 aromatic carbocycles. The van der Waals surface area contributed by atoms with Gasteiger partial charge in [0.1, 0.15) is 16.9 Å². The summed E-state index contributed by atoms with van der Waals surface area (Å²) in [5.74, 6) is -0.741. The van der Waals surface area contributed by atoms with E-state index < -0.39 is 17.5 Å². The average molecular weight is 500 g/mol. The molecule has 0 aliphatic carbocycles. The molecule has 0 saturated heterocycles. The fraction of sp³-hybridized carbons (Fsp3) is 0.267. The first-order valence-corrected chi connectivity index (χ1v) is 12.1. The number of rotatable bonds is 5. The molecule has 7 nitrogen and oxygen atoms in total. The Hall–Kier alpha value is -4.26. The minimum absolute atomic E-state index is 0.141. The minimum atomic E-state index is -0.743. The molecule has 2 heterocycles. The number of nitrogens with zero attached hydrogens (tertiary/aromatic N) is 1. The van der Waals surface area contributed by atoms with E-state index in [1.807, 2.05) is 0 Å². The maximum Gasteiger partial charge on any atom is 0.341 e. The molecule has 0 N–H and O–H groups in total. The lowest BCUT2D eigenvalue weighted by Crippen LogP contribution is -2.26. The number of fused-ring (bicyclic) bond motifs is 1. The molecule has 0 amide bonds. The van der Waals surface area contributed by atoms with Crippen LogP contribution in [0.25, 0.3) is 33.4 Å². The molecule has 0 bridgehead atoms. The Morgan fingerprint density at radius 2 is 1.49 bits per heavy atom. The molecule has 0 fully saturated rings. The zero-order chi connectivity index (χ0) is 26.9. The molecule has 4 rings (SSSR count). The van der Waals surface area contributed by atoms with E-state index in [9.17, 15) is 14.4 Å². The van der Waals surface area contributed by atoms with E-state index in [0.29, 0.717) is 44.8 Å². The van der Waals surface area contributed by atoms with Gasteiger partial charge in [-0.3, -0.25) is 9.78 Å². The summed E-state index contributed by atoms with van der Waals surface area (Å²) in [6.07, 6.45) is 0. The Bertz CT molecular complexity index is 1560. The van der Waals surface area contributed by atoms with Gasteiger partial charge >= 0.3 is 11.9 Å². The summed E-state index contributed by atoms with van der Waals surface area (Å²) in [5, 5.41) is 0.506. The molecule has 0 saturated carbocycles. The quantitative estimate of drug-likeness (QED) is 0.299. The highest BCUT2D eigenvalue weighted by atomic mass is 16.6. The molecular weight excluding hydrogens is 470 g/mol. The third-order valence-corrected chi connectivity index (χ3v) is 5.73. The van der Waals surface area contributed by atoms with E-state index >= 15 is 0 Å². The van der Waals surface area contributed by atoms with Crippen molar-refractivity contribution in [2.24, 2.45) is 0 Å². The van der Waals surface area contributed by atoms with Crippen molar-refractivity contribution >= 4 is 22.9 Å². The first kappa shape index (κ1) is 25.8.